The molecule has 37 heavy (non-hydrogen) atoms. The number of ether oxygens (including phenoxy) is 1. The zero-order valence-corrected chi connectivity index (χ0v) is 20.7. The van der Waals surface area contributed by atoms with Gasteiger partial charge in [0.25, 0.3) is 5.91 Å². The van der Waals surface area contributed by atoms with E-state index in [0.717, 1.165) is 19.2 Å². The third-order valence-corrected chi connectivity index (χ3v) is 6.42. The molecule has 3 aromatic carbocycles. The van der Waals surface area contributed by atoms with E-state index in [-0.39, 0.29) is 6.42 Å². The zero-order valence-electron chi connectivity index (χ0n) is 19.2. The molecule has 0 unspecified atom stereocenters. The molecular formula is C27H17Cl2F2N3O3. The van der Waals surface area contributed by atoms with Gasteiger partial charge in [0.15, 0.2) is 0 Å². The number of halogens is 4. The van der Waals surface area contributed by atoms with Crippen LogP contribution < -0.4 is 5.32 Å². The molecule has 1 aromatic heterocycles. The standard InChI is InChI=1S/C27H17Cl2F2N3O3/c1-37-27(36)22(34-26(35)23-20(30)8-9-21(31)24(23)29)12-15-5-7-18(25-16(15)3-2-10-33-25)17-6-4-14(13-32)11-19(17)28/h2-11,22H,12H2,1H3,(H,34,35)/t22-/m0/s1. The zero-order chi connectivity index (χ0) is 26.7. The van der Waals surface area contributed by atoms with Crippen molar-refractivity contribution in [3.05, 3.63) is 99.2 Å². The van der Waals surface area contributed by atoms with Gasteiger partial charge in [-0.05, 0) is 35.9 Å². The second kappa shape index (κ2) is 10.9. The molecule has 0 spiro atoms. The maximum atomic E-state index is 14.3. The Morgan fingerprint density at radius 2 is 1.81 bits per heavy atom. The molecule has 0 radical (unpaired) electrons. The highest BCUT2D eigenvalue weighted by atomic mass is 35.5. The third-order valence-electron chi connectivity index (χ3n) is 5.73. The minimum atomic E-state index is -1.25. The van der Waals surface area contributed by atoms with Gasteiger partial charge in [-0.1, -0.05) is 47.5 Å². The van der Waals surface area contributed by atoms with Gasteiger partial charge in [0.2, 0.25) is 0 Å². The fraction of sp³-hybridized carbons (Fsp3) is 0.111. The fourth-order valence-electron chi connectivity index (χ4n) is 3.95. The van der Waals surface area contributed by atoms with Gasteiger partial charge >= 0.3 is 5.97 Å². The number of pyridine rings is 1. The maximum Gasteiger partial charge on any atom is 0.328 e. The fourth-order valence-corrected chi connectivity index (χ4v) is 4.47. The van der Waals surface area contributed by atoms with Gasteiger partial charge in [0.05, 0.1) is 34.8 Å². The number of hydrogen-bond donors (Lipinski definition) is 1. The molecule has 4 aromatic rings. The van der Waals surface area contributed by atoms with E-state index in [4.69, 9.17) is 33.2 Å². The van der Waals surface area contributed by atoms with Gasteiger partial charge in [-0.25, -0.2) is 13.6 Å². The van der Waals surface area contributed by atoms with Crippen LogP contribution in [-0.2, 0) is 16.0 Å². The molecule has 10 heteroatoms. The summed E-state index contributed by atoms with van der Waals surface area (Å²) in [6.07, 6.45) is 1.55. The largest absolute Gasteiger partial charge is 0.467 e. The van der Waals surface area contributed by atoms with Gasteiger partial charge < -0.3 is 10.1 Å². The Balaban J connectivity index is 1.73. The Labute approximate surface area is 220 Å². The molecule has 1 N–H and O–H groups in total. The van der Waals surface area contributed by atoms with Gasteiger partial charge in [0.1, 0.15) is 17.7 Å². The van der Waals surface area contributed by atoms with Crippen LogP contribution in [0.1, 0.15) is 21.5 Å². The van der Waals surface area contributed by atoms with Crippen molar-refractivity contribution in [2.24, 2.45) is 0 Å². The number of amides is 1. The van der Waals surface area contributed by atoms with Crippen LogP contribution in [0.2, 0.25) is 10.0 Å². The number of esters is 1. The molecule has 0 aliphatic heterocycles. The van der Waals surface area contributed by atoms with Crippen LogP contribution in [-0.4, -0.2) is 30.0 Å². The minimum Gasteiger partial charge on any atom is -0.467 e. The first kappa shape index (κ1) is 26.0. The number of fused-ring (bicyclic) bond motifs is 1. The van der Waals surface area contributed by atoms with Gasteiger partial charge in [-0.3, -0.25) is 9.78 Å². The SMILES string of the molecule is COC(=O)[C@H](Cc1ccc(-c2ccc(C#N)cc2Cl)c2ncccc12)NC(=O)c1c(F)ccc(F)c1Cl. The summed E-state index contributed by atoms with van der Waals surface area (Å²) in [7, 11) is 1.15. The Morgan fingerprint density at radius 1 is 1.08 bits per heavy atom. The van der Waals surface area contributed by atoms with E-state index in [1.807, 2.05) is 6.07 Å². The quantitative estimate of drug-likeness (QED) is 0.244. The molecule has 4 rings (SSSR count). The Bertz CT molecular complexity index is 1590. The Hall–Kier alpha value is -4.06. The van der Waals surface area contributed by atoms with Crippen LogP contribution in [0.5, 0.6) is 0 Å². The summed E-state index contributed by atoms with van der Waals surface area (Å²) in [6, 6.07) is 14.3. The molecule has 6 nitrogen and oxygen atoms in total. The summed E-state index contributed by atoms with van der Waals surface area (Å²) in [6.45, 7) is 0. The first-order valence-electron chi connectivity index (χ1n) is 10.8. The van der Waals surface area contributed by atoms with Crippen LogP contribution in [0.3, 0.4) is 0 Å². The van der Waals surface area contributed by atoms with Crippen LogP contribution in [0, 0.1) is 23.0 Å². The summed E-state index contributed by atoms with van der Waals surface area (Å²) in [5, 5.41) is 11.9. The number of methoxy groups -OCH3 is 1. The highest BCUT2D eigenvalue weighted by molar-refractivity contribution is 6.34. The van der Waals surface area contributed by atoms with Crippen molar-refractivity contribution in [1.29, 1.82) is 5.26 Å². The summed E-state index contributed by atoms with van der Waals surface area (Å²) in [4.78, 5) is 29.8. The van der Waals surface area contributed by atoms with Crippen molar-refractivity contribution < 1.29 is 23.1 Å². The van der Waals surface area contributed by atoms with E-state index >= 15 is 0 Å². The molecule has 0 saturated carbocycles. The molecular weight excluding hydrogens is 523 g/mol. The average molecular weight is 540 g/mol. The highest BCUT2D eigenvalue weighted by Gasteiger charge is 2.27. The lowest BCUT2D eigenvalue weighted by molar-refractivity contribution is -0.142. The molecule has 1 heterocycles. The van der Waals surface area contributed by atoms with Gasteiger partial charge in [-0.15, -0.1) is 0 Å². The molecule has 186 valence electrons. The van der Waals surface area contributed by atoms with Crippen LogP contribution >= 0.6 is 23.2 Å². The first-order chi connectivity index (χ1) is 17.7. The molecule has 1 amide bonds. The Morgan fingerprint density at radius 3 is 2.51 bits per heavy atom. The summed E-state index contributed by atoms with van der Waals surface area (Å²) in [5.41, 5.74) is 2.24. The number of benzene rings is 3. The number of nitriles is 1. The molecule has 0 bridgehead atoms. The second-order valence-electron chi connectivity index (χ2n) is 7.95. The van der Waals surface area contributed by atoms with E-state index in [1.54, 1.807) is 48.7 Å². The van der Waals surface area contributed by atoms with E-state index in [0.29, 0.717) is 38.2 Å². The van der Waals surface area contributed by atoms with Crippen molar-refractivity contribution >= 4 is 46.0 Å². The number of nitrogens with one attached hydrogen (secondary N) is 1. The van der Waals surface area contributed by atoms with Crippen LogP contribution in [0.15, 0.2) is 60.8 Å². The molecule has 0 aliphatic rings. The molecule has 0 aliphatic carbocycles. The van der Waals surface area contributed by atoms with E-state index in [9.17, 15) is 18.4 Å². The summed E-state index contributed by atoms with van der Waals surface area (Å²) < 4.78 is 33.0. The number of aromatic nitrogens is 1. The van der Waals surface area contributed by atoms with Gasteiger partial charge in [0, 0.05) is 34.2 Å². The maximum absolute atomic E-state index is 14.3. The van der Waals surface area contributed by atoms with E-state index < -0.39 is 40.1 Å². The minimum absolute atomic E-state index is 0.0451. The number of nitrogens with zero attached hydrogens (tertiary/aromatic N) is 2. The monoisotopic (exact) mass is 539 g/mol. The lowest BCUT2D eigenvalue weighted by Crippen LogP contribution is -2.43. The van der Waals surface area contributed by atoms with E-state index in [1.165, 1.54) is 0 Å². The number of rotatable bonds is 6. The summed E-state index contributed by atoms with van der Waals surface area (Å²) in [5.74, 6) is -3.87. The number of hydrogen-bond acceptors (Lipinski definition) is 5. The first-order valence-corrected chi connectivity index (χ1v) is 11.6. The molecule has 1 atom stereocenters. The van der Waals surface area contributed by atoms with Crippen molar-refractivity contribution in [2.75, 3.05) is 7.11 Å². The lowest BCUT2D eigenvalue weighted by Gasteiger charge is -2.19. The Kier molecular flexibility index (Phi) is 7.67. The smallest absolute Gasteiger partial charge is 0.328 e. The normalized spacial score (nSPS) is 11.6. The van der Waals surface area contributed by atoms with Crippen molar-refractivity contribution in [3.63, 3.8) is 0 Å². The van der Waals surface area contributed by atoms with E-state index in [2.05, 4.69) is 10.3 Å². The van der Waals surface area contributed by atoms with Crippen LogP contribution in [0.25, 0.3) is 22.0 Å². The van der Waals surface area contributed by atoms with Crippen LogP contribution in [0.4, 0.5) is 8.78 Å². The topological polar surface area (TPSA) is 92.1 Å². The van der Waals surface area contributed by atoms with Crippen molar-refractivity contribution in [2.45, 2.75) is 12.5 Å². The highest BCUT2D eigenvalue weighted by Crippen LogP contribution is 2.35. The average Bonchev–Trinajstić information content (AvgIpc) is 2.90. The second-order valence-corrected chi connectivity index (χ2v) is 8.73. The molecule has 0 fully saturated rings. The third kappa shape index (κ3) is 5.24. The number of carbonyl (C=O) groups excluding carboxylic acids is 2. The predicted octanol–water partition coefficient (Wildman–Crippen LogP) is 5.87. The van der Waals surface area contributed by atoms with Gasteiger partial charge in [-0.2, -0.15) is 5.26 Å². The van der Waals surface area contributed by atoms with Crippen molar-refractivity contribution in [1.82, 2.24) is 10.3 Å². The lowest BCUT2D eigenvalue weighted by atomic mass is 9.94. The summed E-state index contributed by atoms with van der Waals surface area (Å²) >= 11 is 12.2. The van der Waals surface area contributed by atoms with Crippen molar-refractivity contribution in [3.8, 4) is 17.2 Å². The predicted molar refractivity (Wildman–Crippen MR) is 135 cm³/mol. The molecule has 0 saturated heterocycles. The number of carbonyl (C=O) groups is 2.